The van der Waals surface area contributed by atoms with Crippen LogP contribution in [0.25, 0.3) is 10.9 Å². The van der Waals surface area contributed by atoms with Gasteiger partial charge in [-0.3, -0.25) is 0 Å². The number of benzene rings is 1. The van der Waals surface area contributed by atoms with Crippen LogP contribution in [-0.4, -0.2) is 12.0 Å². The summed E-state index contributed by atoms with van der Waals surface area (Å²) in [7, 11) is 1.58. The van der Waals surface area contributed by atoms with Crippen molar-refractivity contribution in [1.82, 2.24) is 4.98 Å². The molecule has 0 saturated carbocycles. The second kappa shape index (κ2) is 4.97. The van der Waals surface area contributed by atoms with Crippen LogP contribution in [0.4, 0.5) is 18.9 Å². The number of nitrogens with zero attached hydrogens (tertiary/aromatic N) is 1. The minimum atomic E-state index is -4.50. The minimum absolute atomic E-state index is 0.0700. The first-order valence-electron chi connectivity index (χ1n) is 5.30. The van der Waals surface area contributed by atoms with E-state index in [4.69, 9.17) is 11.6 Å². The van der Waals surface area contributed by atoms with Crippen LogP contribution in [0, 0.1) is 10.5 Å². The third-order valence-corrected chi connectivity index (χ3v) is 3.68. The number of hydrogen-bond acceptors (Lipinski definition) is 2. The van der Waals surface area contributed by atoms with Crippen molar-refractivity contribution in [3.8, 4) is 0 Å². The van der Waals surface area contributed by atoms with E-state index in [1.54, 1.807) is 19.2 Å². The van der Waals surface area contributed by atoms with Crippen molar-refractivity contribution in [3.05, 3.63) is 32.0 Å². The van der Waals surface area contributed by atoms with Crippen LogP contribution in [0.3, 0.4) is 0 Å². The molecule has 0 unspecified atom stereocenters. The second-order valence-corrected chi connectivity index (χ2v) is 5.64. The zero-order valence-corrected chi connectivity index (χ0v) is 12.9. The number of halogens is 5. The van der Waals surface area contributed by atoms with Crippen LogP contribution < -0.4 is 5.32 Å². The maximum Gasteiger partial charge on any atom is 0.433 e. The van der Waals surface area contributed by atoms with E-state index in [1.165, 1.54) is 6.92 Å². The van der Waals surface area contributed by atoms with Crippen molar-refractivity contribution in [2.24, 2.45) is 0 Å². The highest BCUT2D eigenvalue weighted by molar-refractivity contribution is 14.1. The molecule has 1 aromatic carbocycles. The van der Waals surface area contributed by atoms with Crippen LogP contribution in [0.2, 0.25) is 5.02 Å². The summed E-state index contributed by atoms with van der Waals surface area (Å²) in [5, 5.41) is 3.60. The molecular weight excluding hydrogens is 391 g/mol. The van der Waals surface area contributed by atoms with E-state index in [-0.39, 0.29) is 16.1 Å². The highest BCUT2D eigenvalue weighted by Crippen LogP contribution is 2.39. The van der Waals surface area contributed by atoms with Gasteiger partial charge >= 0.3 is 6.18 Å². The first-order chi connectivity index (χ1) is 8.75. The molecule has 0 radical (unpaired) electrons. The van der Waals surface area contributed by atoms with Gasteiger partial charge in [0.2, 0.25) is 0 Å². The molecule has 19 heavy (non-hydrogen) atoms. The topological polar surface area (TPSA) is 24.9 Å². The Bertz CT molecular complexity index is 656. The van der Waals surface area contributed by atoms with Crippen molar-refractivity contribution in [1.29, 1.82) is 0 Å². The Morgan fingerprint density at radius 1 is 1.32 bits per heavy atom. The minimum Gasteiger partial charge on any atom is -0.387 e. The van der Waals surface area contributed by atoms with Crippen LogP contribution >= 0.6 is 34.2 Å². The average molecular weight is 401 g/mol. The Balaban J connectivity index is 2.95. The third-order valence-electron chi connectivity index (χ3n) is 2.77. The van der Waals surface area contributed by atoms with Crippen molar-refractivity contribution in [3.63, 3.8) is 0 Å². The number of nitrogens with one attached hydrogen (secondary N) is 1. The number of alkyl halides is 3. The van der Waals surface area contributed by atoms with Gasteiger partial charge in [-0.1, -0.05) is 11.6 Å². The van der Waals surface area contributed by atoms with Crippen LogP contribution in [0.5, 0.6) is 0 Å². The Kier molecular flexibility index (Phi) is 3.83. The molecule has 0 aliphatic heterocycles. The fourth-order valence-electron chi connectivity index (χ4n) is 1.98. The Morgan fingerprint density at radius 3 is 2.47 bits per heavy atom. The number of anilines is 1. The predicted molar refractivity (Wildman–Crippen MR) is 78.8 cm³/mol. The predicted octanol–water partition coefficient (Wildman–Crippen LogP) is 4.86. The lowest BCUT2D eigenvalue weighted by Crippen LogP contribution is -2.12. The van der Waals surface area contributed by atoms with E-state index in [0.29, 0.717) is 11.1 Å². The van der Waals surface area contributed by atoms with Crippen LogP contribution in [0.1, 0.15) is 11.3 Å². The van der Waals surface area contributed by atoms with Gasteiger partial charge in [0.25, 0.3) is 0 Å². The first kappa shape index (κ1) is 14.6. The summed E-state index contributed by atoms with van der Waals surface area (Å²) < 4.78 is 39.7. The van der Waals surface area contributed by atoms with Gasteiger partial charge in [-0.05, 0) is 41.6 Å². The van der Waals surface area contributed by atoms with E-state index in [2.05, 4.69) is 32.9 Å². The van der Waals surface area contributed by atoms with E-state index in [0.717, 1.165) is 3.57 Å². The molecule has 1 aromatic heterocycles. The lowest BCUT2D eigenvalue weighted by Gasteiger charge is -2.16. The van der Waals surface area contributed by atoms with Crippen molar-refractivity contribution >= 4 is 50.8 Å². The quantitative estimate of drug-likeness (QED) is 0.692. The molecule has 0 aliphatic carbocycles. The summed E-state index contributed by atoms with van der Waals surface area (Å²) >= 11 is 8.06. The third kappa shape index (κ3) is 2.60. The molecule has 0 spiro atoms. The molecule has 0 atom stereocenters. The highest BCUT2D eigenvalue weighted by Gasteiger charge is 2.36. The van der Waals surface area contributed by atoms with E-state index in [1.807, 2.05) is 0 Å². The van der Waals surface area contributed by atoms with E-state index < -0.39 is 11.9 Å². The summed E-state index contributed by atoms with van der Waals surface area (Å²) in [4.78, 5) is 3.70. The largest absolute Gasteiger partial charge is 0.433 e. The molecule has 7 heteroatoms. The maximum atomic E-state index is 13.0. The molecule has 0 bridgehead atoms. The number of aromatic nitrogens is 1. The number of hydrogen-bond donors (Lipinski definition) is 1. The average Bonchev–Trinajstić information content (AvgIpc) is 2.26. The summed E-state index contributed by atoms with van der Waals surface area (Å²) in [6, 6.07) is 3.35. The fraction of sp³-hybridized carbons (Fsp3) is 0.250. The molecule has 2 nitrogen and oxygen atoms in total. The van der Waals surface area contributed by atoms with Gasteiger partial charge in [0, 0.05) is 27.3 Å². The second-order valence-electron chi connectivity index (χ2n) is 3.99. The lowest BCUT2D eigenvalue weighted by molar-refractivity contribution is -0.141. The van der Waals surface area contributed by atoms with Crippen molar-refractivity contribution < 1.29 is 13.2 Å². The first-order valence-corrected chi connectivity index (χ1v) is 6.75. The molecule has 2 aromatic rings. The maximum absolute atomic E-state index is 13.0. The zero-order chi connectivity index (χ0) is 14.4. The number of pyridine rings is 1. The fourth-order valence-corrected chi connectivity index (χ4v) is 3.05. The monoisotopic (exact) mass is 400 g/mol. The molecule has 1 N–H and O–H groups in total. The summed E-state index contributed by atoms with van der Waals surface area (Å²) in [6.07, 6.45) is -4.50. The van der Waals surface area contributed by atoms with Crippen LogP contribution in [-0.2, 0) is 6.18 Å². The van der Waals surface area contributed by atoms with Gasteiger partial charge < -0.3 is 5.32 Å². The number of fused-ring (bicyclic) bond motifs is 1. The number of rotatable bonds is 1. The summed E-state index contributed by atoms with van der Waals surface area (Å²) in [6.45, 7) is 1.40. The SMILES string of the molecule is CNc1c(C)c(C(F)(F)F)nc2c(Cl)cc(I)cc12. The van der Waals surface area contributed by atoms with Gasteiger partial charge in [0.1, 0.15) is 5.69 Å². The normalized spacial score (nSPS) is 11.9. The Morgan fingerprint density at radius 2 is 1.95 bits per heavy atom. The molecular formula is C12H9ClF3IN2. The molecule has 1 heterocycles. The standard InChI is InChI=1S/C12H9ClF3IN2/c1-5-9(18-2)7-3-6(17)4-8(13)10(7)19-11(5)12(14,15)16/h3-4H,1-2H3,(H,18,19). The highest BCUT2D eigenvalue weighted by atomic mass is 127. The molecule has 0 fully saturated rings. The van der Waals surface area contributed by atoms with Gasteiger partial charge in [0.15, 0.2) is 0 Å². The van der Waals surface area contributed by atoms with Gasteiger partial charge in [-0.15, -0.1) is 0 Å². The smallest absolute Gasteiger partial charge is 0.387 e. The molecule has 0 amide bonds. The summed E-state index contributed by atoms with van der Waals surface area (Å²) in [5.74, 6) is 0. The van der Waals surface area contributed by atoms with Crippen molar-refractivity contribution in [2.45, 2.75) is 13.1 Å². The van der Waals surface area contributed by atoms with Crippen LogP contribution in [0.15, 0.2) is 12.1 Å². The molecule has 0 saturated heterocycles. The van der Waals surface area contributed by atoms with E-state index >= 15 is 0 Å². The molecule has 102 valence electrons. The molecule has 0 aliphatic rings. The van der Waals surface area contributed by atoms with E-state index in [9.17, 15) is 13.2 Å². The Hall–Kier alpha value is -0.760. The van der Waals surface area contributed by atoms with Gasteiger partial charge in [0.05, 0.1) is 10.5 Å². The van der Waals surface area contributed by atoms with Gasteiger partial charge in [-0.25, -0.2) is 4.98 Å². The summed E-state index contributed by atoms with van der Waals surface area (Å²) in [5.41, 5.74) is -0.282. The Labute approximate surface area is 126 Å². The lowest BCUT2D eigenvalue weighted by atomic mass is 10.1. The molecule has 2 rings (SSSR count). The van der Waals surface area contributed by atoms with Gasteiger partial charge in [-0.2, -0.15) is 13.2 Å². The zero-order valence-electron chi connectivity index (χ0n) is 9.99. The van der Waals surface area contributed by atoms with Crippen molar-refractivity contribution in [2.75, 3.05) is 12.4 Å².